The number of benzene rings is 1. The van der Waals surface area contributed by atoms with E-state index in [1.54, 1.807) is 0 Å². The maximum atomic E-state index is 12.2. The van der Waals surface area contributed by atoms with Crippen molar-refractivity contribution in [2.24, 2.45) is 0 Å². The summed E-state index contributed by atoms with van der Waals surface area (Å²) < 4.78 is 25.9. The molecule has 0 saturated carbocycles. The molecule has 0 radical (unpaired) electrons. The van der Waals surface area contributed by atoms with Gasteiger partial charge in [-0.05, 0) is 22.9 Å². The number of rotatable bonds is 6. The number of nitrogens with one attached hydrogen (secondary N) is 1. The van der Waals surface area contributed by atoms with Gasteiger partial charge in [-0.2, -0.15) is 0 Å². The zero-order valence-corrected chi connectivity index (χ0v) is 13.1. The first-order chi connectivity index (χ1) is 10.4. The van der Waals surface area contributed by atoms with Crippen LogP contribution in [-0.2, 0) is 26.9 Å². The van der Waals surface area contributed by atoms with E-state index in [2.05, 4.69) is 20.8 Å². The van der Waals surface area contributed by atoms with Crippen LogP contribution in [-0.4, -0.2) is 46.8 Å². The lowest BCUT2D eigenvalue weighted by molar-refractivity contribution is -0.119. The molecule has 0 aliphatic carbocycles. The Morgan fingerprint density at radius 1 is 1.32 bits per heavy atom. The van der Waals surface area contributed by atoms with Crippen LogP contribution in [0.25, 0.3) is 0 Å². The van der Waals surface area contributed by atoms with E-state index in [9.17, 15) is 13.2 Å². The van der Waals surface area contributed by atoms with Crippen LogP contribution >= 0.6 is 0 Å². The third-order valence-electron chi connectivity index (χ3n) is 3.27. The summed E-state index contributed by atoms with van der Waals surface area (Å²) in [5, 5.41) is 12.3. The molecule has 0 spiro atoms. The molecule has 1 atom stereocenters. The fourth-order valence-electron chi connectivity index (χ4n) is 1.88. The summed E-state index contributed by atoms with van der Waals surface area (Å²) in [7, 11) is -2.29. The lowest BCUT2D eigenvalue weighted by atomic mass is 10.2. The number of tetrazole rings is 1. The smallest absolute Gasteiger partial charge is 0.237 e. The van der Waals surface area contributed by atoms with Crippen LogP contribution in [0.5, 0.6) is 0 Å². The highest BCUT2D eigenvalue weighted by Gasteiger charge is 2.29. The minimum atomic E-state index is -3.68. The maximum absolute atomic E-state index is 12.2. The monoisotopic (exact) mass is 323 g/mol. The molecule has 1 heterocycles. The highest BCUT2D eigenvalue weighted by atomic mass is 32.2. The van der Waals surface area contributed by atoms with Crippen molar-refractivity contribution in [1.29, 1.82) is 0 Å². The quantitative estimate of drug-likeness (QED) is 0.787. The largest absolute Gasteiger partial charge is 0.358 e. The van der Waals surface area contributed by atoms with E-state index in [0.29, 0.717) is 6.54 Å². The third-order valence-corrected chi connectivity index (χ3v) is 5.22. The summed E-state index contributed by atoms with van der Waals surface area (Å²) in [6, 6.07) is 9.44. The number of hydrogen-bond acceptors (Lipinski definition) is 6. The van der Waals surface area contributed by atoms with Gasteiger partial charge in [-0.15, -0.1) is 5.10 Å². The Kier molecular flexibility index (Phi) is 4.86. The minimum absolute atomic E-state index is 0.208. The Morgan fingerprint density at radius 2 is 2.00 bits per heavy atom. The summed E-state index contributed by atoms with van der Waals surface area (Å²) in [5.41, 5.74) is 0.952. The zero-order valence-electron chi connectivity index (χ0n) is 12.3. The molecule has 0 aliphatic heterocycles. The lowest BCUT2D eigenvalue weighted by Crippen LogP contribution is -2.36. The van der Waals surface area contributed by atoms with E-state index in [0.717, 1.165) is 5.56 Å². The Morgan fingerprint density at radius 3 is 2.64 bits per heavy atom. The number of amides is 1. The van der Waals surface area contributed by atoms with Gasteiger partial charge in [0.2, 0.25) is 5.91 Å². The molecule has 1 aromatic heterocycles. The number of nitrogens with zero attached hydrogens (tertiary/aromatic N) is 4. The average molecular weight is 323 g/mol. The molecule has 0 aliphatic rings. The molecule has 0 saturated heterocycles. The van der Waals surface area contributed by atoms with Gasteiger partial charge in [-0.25, -0.2) is 13.1 Å². The van der Waals surface area contributed by atoms with E-state index in [1.807, 2.05) is 30.3 Å². The summed E-state index contributed by atoms with van der Waals surface area (Å²) in [6.45, 7) is 1.71. The molecular weight excluding hydrogens is 306 g/mol. The van der Waals surface area contributed by atoms with Crippen LogP contribution in [0.3, 0.4) is 0 Å². The Hall–Kier alpha value is -2.29. The second-order valence-electron chi connectivity index (χ2n) is 4.80. The van der Waals surface area contributed by atoms with Crippen molar-refractivity contribution in [2.45, 2.75) is 24.5 Å². The van der Waals surface area contributed by atoms with Gasteiger partial charge in [0.25, 0.3) is 0 Å². The summed E-state index contributed by atoms with van der Waals surface area (Å²) in [5.74, 6) is -0.733. The molecule has 2 rings (SSSR count). The van der Waals surface area contributed by atoms with Crippen molar-refractivity contribution in [3.8, 4) is 0 Å². The molecule has 0 unspecified atom stereocenters. The predicted molar refractivity (Wildman–Crippen MR) is 79.5 cm³/mol. The average Bonchev–Trinajstić information content (AvgIpc) is 2.93. The molecule has 8 nitrogen and oxygen atoms in total. The molecule has 0 bridgehead atoms. The first kappa shape index (κ1) is 16.1. The molecule has 9 heteroatoms. The number of carbonyl (C=O) groups is 1. The highest BCUT2D eigenvalue weighted by Crippen LogP contribution is 2.10. The van der Waals surface area contributed by atoms with Gasteiger partial charge in [-0.3, -0.25) is 4.79 Å². The van der Waals surface area contributed by atoms with Gasteiger partial charge >= 0.3 is 0 Å². The Bertz CT molecular complexity index is 742. The Balaban J connectivity index is 2.18. The standard InChI is InChI=1S/C13H17N5O3S/c1-10(13(19)14-2)22(20,21)9-12-15-16-17-18(12)8-11-6-4-3-5-7-11/h3-7,10H,8-9H2,1-2H3,(H,14,19)/t10-/m1/s1. The normalized spacial score (nSPS) is 12.8. The van der Waals surface area contributed by atoms with E-state index < -0.39 is 21.0 Å². The number of aromatic nitrogens is 4. The van der Waals surface area contributed by atoms with E-state index in [1.165, 1.54) is 18.7 Å². The van der Waals surface area contributed by atoms with Crippen molar-refractivity contribution < 1.29 is 13.2 Å². The van der Waals surface area contributed by atoms with Crippen molar-refractivity contribution in [1.82, 2.24) is 25.5 Å². The number of hydrogen-bond donors (Lipinski definition) is 1. The van der Waals surface area contributed by atoms with E-state index in [4.69, 9.17) is 0 Å². The van der Waals surface area contributed by atoms with Crippen LogP contribution < -0.4 is 5.32 Å². The molecule has 0 fully saturated rings. The van der Waals surface area contributed by atoms with Gasteiger partial charge < -0.3 is 5.32 Å². The molecule has 22 heavy (non-hydrogen) atoms. The van der Waals surface area contributed by atoms with Crippen molar-refractivity contribution in [3.63, 3.8) is 0 Å². The third kappa shape index (κ3) is 3.67. The summed E-state index contributed by atoms with van der Waals surface area (Å²) in [4.78, 5) is 11.5. The van der Waals surface area contributed by atoms with Crippen molar-refractivity contribution >= 4 is 15.7 Å². The molecule has 2 aromatic rings. The van der Waals surface area contributed by atoms with Crippen molar-refractivity contribution in [2.75, 3.05) is 7.05 Å². The minimum Gasteiger partial charge on any atom is -0.358 e. The number of carbonyl (C=O) groups excluding carboxylic acids is 1. The van der Waals surface area contributed by atoms with Gasteiger partial charge in [0, 0.05) is 7.05 Å². The molecule has 118 valence electrons. The summed E-state index contributed by atoms with van der Waals surface area (Å²) >= 11 is 0. The van der Waals surface area contributed by atoms with E-state index >= 15 is 0 Å². The Labute approximate surface area is 128 Å². The first-order valence-electron chi connectivity index (χ1n) is 6.66. The predicted octanol–water partition coefficient (Wildman–Crippen LogP) is -0.229. The lowest BCUT2D eigenvalue weighted by Gasteiger charge is -2.11. The highest BCUT2D eigenvalue weighted by molar-refractivity contribution is 7.92. The van der Waals surface area contributed by atoms with Gasteiger partial charge in [0.1, 0.15) is 11.0 Å². The second kappa shape index (κ2) is 6.65. The van der Waals surface area contributed by atoms with Crippen LogP contribution in [0.15, 0.2) is 30.3 Å². The van der Waals surface area contributed by atoms with Crippen molar-refractivity contribution in [3.05, 3.63) is 41.7 Å². The molecule has 1 aromatic carbocycles. The SMILES string of the molecule is CNC(=O)[C@@H](C)S(=O)(=O)Cc1nnnn1Cc1ccccc1. The van der Waals surface area contributed by atoms with Crippen LogP contribution in [0, 0.1) is 0 Å². The fraction of sp³-hybridized carbons (Fsp3) is 0.385. The molecule has 1 N–H and O–H groups in total. The first-order valence-corrected chi connectivity index (χ1v) is 8.37. The number of sulfone groups is 1. The summed E-state index contributed by atoms with van der Waals surface area (Å²) in [6.07, 6.45) is 0. The van der Waals surface area contributed by atoms with Gasteiger partial charge in [-0.1, -0.05) is 30.3 Å². The van der Waals surface area contributed by atoms with Crippen LogP contribution in [0.2, 0.25) is 0 Å². The van der Waals surface area contributed by atoms with Gasteiger partial charge in [0.15, 0.2) is 15.7 Å². The van der Waals surface area contributed by atoms with Crippen LogP contribution in [0.4, 0.5) is 0 Å². The maximum Gasteiger partial charge on any atom is 0.237 e. The fourth-order valence-corrected chi connectivity index (χ4v) is 3.14. The second-order valence-corrected chi connectivity index (χ2v) is 7.12. The topological polar surface area (TPSA) is 107 Å². The van der Waals surface area contributed by atoms with Crippen LogP contribution in [0.1, 0.15) is 18.3 Å². The van der Waals surface area contributed by atoms with E-state index in [-0.39, 0.29) is 11.6 Å². The molecule has 1 amide bonds. The molecular formula is C13H17N5O3S. The van der Waals surface area contributed by atoms with Gasteiger partial charge in [0.05, 0.1) is 6.54 Å². The zero-order chi connectivity index (χ0) is 16.2.